The number of aliphatic carboxylic acids is 1. The molecule has 0 fully saturated rings. The fraction of sp³-hybridized carbons (Fsp3) is 0.474. The van der Waals surface area contributed by atoms with E-state index in [1.165, 1.54) is 32.0 Å². The number of hydrogen-bond donors (Lipinski definition) is 3. The summed E-state index contributed by atoms with van der Waals surface area (Å²) >= 11 is 0. The number of nitrogens with zero attached hydrogens (tertiary/aromatic N) is 1. The summed E-state index contributed by atoms with van der Waals surface area (Å²) in [6, 6.07) is 3.02. The van der Waals surface area contributed by atoms with Crippen LogP contribution in [-0.4, -0.2) is 59.1 Å². The van der Waals surface area contributed by atoms with Crippen molar-refractivity contribution in [3.63, 3.8) is 0 Å². The van der Waals surface area contributed by atoms with Gasteiger partial charge in [0.25, 0.3) is 5.91 Å². The maximum atomic E-state index is 12.3. The summed E-state index contributed by atoms with van der Waals surface area (Å²) in [5, 5.41) is 11.9. The van der Waals surface area contributed by atoms with Crippen molar-refractivity contribution in [1.82, 2.24) is 10.2 Å². The summed E-state index contributed by atoms with van der Waals surface area (Å²) < 4.78 is 10.0. The molecule has 1 unspecified atom stereocenters. The quantitative estimate of drug-likeness (QED) is 0.281. The van der Waals surface area contributed by atoms with Crippen molar-refractivity contribution in [2.75, 3.05) is 13.1 Å². The number of amides is 1. The number of carboxylic acid groups (broad SMARTS) is 1. The summed E-state index contributed by atoms with van der Waals surface area (Å²) in [4.78, 5) is 48.1. The van der Waals surface area contributed by atoms with Gasteiger partial charge in [0, 0.05) is 20.3 Å². The average molecular weight is 409 g/mol. The number of ether oxygens (including phenoxy) is 2. The highest BCUT2D eigenvalue weighted by Crippen LogP contribution is 2.29. The van der Waals surface area contributed by atoms with Gasteiger partial charge in [-0.1, -0.05) is 19.9 Å². The number of nitrogens with two attached hydrogens (primary N) is 1. The molecule has 2 atom stereocenters. The Kier molecular flexibility index (Phi) is 9.23. The van der Waals surface area contributed by atoms with Crippen LogP contribution in [0.25, 0.3) is 0 Å². The van der Waals surface area contributed by atoms with E-state index in [0.717, 1.165) is 0 Å². The predicted molar refractivity (Wildman–Crippen MR) is 103 cm³/mol. The van der Waals surface area contributed by atoms with Gasteiger partial charge in [0.2, 0.25) is 0 Å². The first-order valence-corrected chi connectivity index (χ1v) is 9.11. The molecule has 160 valence electrons. The molecule has 1 aromatic carbocycles. The number of esters is 2. The van der Waals surface area contributed by atoms with E-state index in [9.17, 15) is 24.3 Å². The molecular weight excluding hydrogens is 382 g/mol. The summed E-state index contributed by atoms with van der Waals surface area (Å²) in [6.45, 7) is 7.12. The zero-order chi connectivity index (χ0) is 22.1. The Morgan fingerprint density at radius 1 is 1.07 bits per heavy atom. The minimum absolute atomic E-state index is 0.0240. The molecule has 1 rings (SSSR count). The molecule has 0 spiro atoms. The zero-order valence-corrected chi connectivity index (χ0v) is 16.9. The molecule has 0 bridgehead atoms. The minimum Gasteiger partial charge on any atom is -0.480 e. The summed E-state index contributed by atoms with van der Waals surface area (Å²) in [7, 11) is 0. The second kappa shape index (κ2) is 11.1. The lowest BCUT2D eigenvalue weighted by molar-refractivity contribution is -0.142. The third kappa shape index (κ3) is 7.51. The van der Waals surface area contributed by atoms with E-state index in [2.05, 4.69) is 5.32 Å². The number of carbonyl (C=O) groups is 4. The Morgan fingerprint density at radius 2 is 1.62 bits per heavy atom. The van der Waals surface area contributed by atoms with E-state index in [1.54, 1.807) is 4.90 Å². The van der Waals surface area contributed by atoms with E-state index in [0.29, 0.717) is 18.7 Å². The van der Waals surface area contributed by atoms with Crippen molar-refractivity contribution >= 4 is 23.8 Å². The second-order valence-electron chi connectivity index (χ2n) is 6.24. The summed E-state index contributed by atoms with van der Waals surface area (Å²) in [5.41, 5.74) is 6.33. The fourth-order valence-corrected chi connectivity index (χ4v) is 2.63. The van der Waals surface area contributed by atoms with E-state index in [-0.39, 0.29) is 17.9 Å². The van der Waals surface area contributed by atoms with Crippen molar-refractivity contribution in [2.45, 2.75) is 46.3 Å². The molecule has 10 heteroatoms. The van der Waals surface area contributed by atoms with E-state index >= 15 is 0 Å². The van der Waals surface area contributed by atoms with E-state index in [1.807, 2.05) is 13.8 Å². The van der Waals surface area contributed by atoms with Crippen LogP contribution in [0.5, 0.6) is 11.5 Å². The predicted octanol–water partition coefficient (Wildman–Crippen LogP) is 0.276. The normalized spacial score (nSPS) is 12.8. The molecule has 1 amide bonds. The van der Waals surface area contributed by atoms with Crippen LogP contribution in [0.15, 0.2) is 18.2 Å². The molecule has 1 aromatic rings. The molecule has 4 N–H and O–H groups in total. The van der Waals surface area contributed by atoms with Crippen LogP contribution >= 0.6 is 0 Å². The van der Waals surface area contributed by atoms with Crippen molar-refractivity contribution in [3.8, 4) is 11.5 Å². The third-order valence-electron chi connectivity index (χ3n) is 4.04. The maximum absolute atomic E-state index is 12.3. The number of hydrogen-bond acceptors (Lipinski definition) is 8. The third-order valence-corrected chi connectivity index (χ3v) is 4.04. The van der Waals surface area contributed by atoms with Gasteiger partial charge >= 0.3 is 17.9 Å². The molecule has 29 heavy (non-hydrogen) atoms. The number of nitrogens with one attached hydrogen (secondary N) is 1. The number of carbonyl (C=O) groups excluding carboxylic acids is 3. The molecule has 0 radical (unpaired) electrons. The molecule has 0 aliphatic carbocycles. The van der Waals surface area contributed by atoms with E-state index < -0.39 is 36.0 Å². The van der Waals surface area contributed by atoms with Crippen molar-refractivity contribution in [1.29, 1.82) is 0 Å². The average Bonchev–Trinajstić information content (AvgIpc) is 2.63. The first-order valence-electron chi connectivity index (χ1n) is 9.11. The highest BCUT2D eigenvalue weighted by Gasteiger charge is 2.26. The monoisotopic (exact) mass is 409 g/mol. The molecule has 0 saturated heterocycles. The molecule has 0 aromatic heterocycles. The van der Waals surface area contributed by atoms with Crippen LogP contribution in [-0.2, 0) is 25.6 Å². The number of benzene rings is 1. The van der Waals surface area contributed by atoms with Gasteiger partial charge in [-0.05, 0) is 30.8 Å². The topological polar surface area (TPSA) is 148 Å². The Bertz CT molecular complexity index is 762. The van der Waals surface area contributed by atoms with Gasteiger partial charge in [-0.2, -0.15) is 0 Å². The molecule has 10 nitrogen and oxygen atoms in total. The van der Waals surface area contributed by atoms with Gasteiger partial charge in [0.05, 0.1) is 0 Å². The van der Waals surface area contributed by atoms with Crippen molar-refractivity contribution < 1.29 is 33.8 Å². The standard InChI is InChI=1S/C19H27N3O7/c1-5-22(6-2)17(20)18(25)21-14(19(26)27)9-13-7-8-15(28-11(3)23)16(10-13)29-12(4)24/h7-8,10,14,17H,5-6,9,20H2,1-4H3,(H,21,25)(H,26,27)/t14-,17?/m0/s1. The summed E-state index contributed by atoms with van der Waals surface area (Å²) in [6.07, 6.45) is -1.07. The molecule has 0 aliphatic rings. The molecule has 0 heterocycles. The minimum atomic E-state index is -1.26. The molecular formula is C19H27N3O7. The van der Waals surface area contributed by atoms with Gasteiger partial charge in [-0.3, -0.25) is 19.3 Å². The van der Waals surface area contributed by atoms with Crippen molar-refractivity contribution in [3.05, 3.63) is 23.8 Å². The van der Waals surface area contributed by atoms with Crippen LogP contribution in [0, 0.1) is 0 Å². The van der Waals surface area contributed by atoms with Gasteiger partial charge in [0.15, 0.2) is 11.5 Å². The van der Waals surface area contributed by atoms with Crippen LogP contribution in [0.4, 0.5) is 0 Å². The first-order chi connectivity index (χ1) is 13.6. The SMILES string of the molecule is CCN(CC)C(N)C(=O)N[C@@H](Cc1ccc(OC(C)=O)c(OC(C)=O)c1)C(=O)O. The smallest absolute Gasteiger partial charge is 0.326 e. The van der Waals surface area contributed by atoms with Gasteiger partial charge < -0.3 is 25.6 Å². The first kappa shape index (κ1) is 24.1. The van der Waals surface area contributed by atoms with Gasteiger partial charge in [-0.25, -0.2) is 4.79 Å². The Morgan fingerprint density at radius 3 is 2.10 bits per heavy atom. The Balaban J connectivity index is 3.03. The zero-order valence-electron chi connectivity index (χ0n) is 16.9. The highest BCUT2D eigenvalue weighted by molar-refractivity contribution is 5.86. The van der Waals surface area contributed by atoms with Gasteiger partial charge in [-0.15, -0.1) is 0 Å². The lowest BCUT2D eigenvalue weighted by Gasteiger charge is -2.26. The maximum Gasteiger partial charge on any atom is 0.326 e. The molecule has 0 saturated carbocycles. The second-order valence-corrected chi connectivity index (χ2v) is 6.24. The van der Waals surface area contributed by atoms with Crippen LogP contribution < -0.4 is 20.5 Å². The van der Waals surface area contributed by atoms with Crippen LogP contribution in [0.2, 0.25) is 0 Å². The number of rotatable bonds is 10. The summed E-state index contributed by atoms with van der Waals surface area (Å²) in [5.74, 6) is -3.10. The lowest BCUT2D eigenvalue weighted by atomic mass is 10.0. The fourth-order valence-electron chi connectivity index (χ4n) is 2.63. The lowest BCUT2D eigenvalue weighted by Crippen LogP contribution is -2.56. The van der Waals surface area contributed by atoms with Crippen molar-refractivity contribution in [2.24, 2.45) is 5.73 Å². The largest absolute Gasteiger partial charge is 0.480 e. The van der Waals surface area contributed by atoms with E-state index in [4.69, 9.17) is 15.2 Å². The highest BCUT2D eigenvalue weighted by atomic mass is 16.6. The number of likely N-dealkylation sites (N-methyl/N-ethyl adjacent to an activating group) is 1. The van der Waals surface area contributed by atoms with Crippen LogP contribution in [0.3, 0.4) is 0 Å². The number of carboxylic acids is 1. The van der Waals surface area contributed by atoms with Crippen LogP contribution in [0.1, 0.15) is 33.3 Å². The van der Waals surface area contributed by atoms with Gasteiger partial charge in [0.1, 0.15) is 12.2 Å². The Labute approximate surface area is 168 Å². The Hall–Kier alpha value is -2.98. The molecule has 0 aliphatic heterocycles.